The van der Waals surface area contributed by atoms with Crippen LogP contribution in [0.25, 0.3) is 21.9 Å². The number of fused-ring (bicyclic) bond motifs is 1. The minimum Gasteiger partial charge on any atom is -0.533 e. The molecule has 5 aromatic rings. The van der Waals surface area contributed by atoms with E-state index in [1.165, 1.54) is 12.1 Å². The first-order valence-electron chi connectivity index (χ1n) is 16.9. The highest BCUT2D eigenvalue weighted by atomic mass is 35.5. The van der Waals surface area contributed by atoms with Gasteiger partial charge in [0.1, 0.15) is 11.6 Å². The lowest BCUT2D eigenvalue weighted by molar-refractivity contribution is -0.126. The fourth-order valence-corrected chi connectivity index (χ4v) is 11.9. The number of halogens is 2. The minimum absolute atomic E-state index is 0.0756. The van der Waals surface area contributed by atoms with Gasteiger partial charge in [-0.05, 0) is 58.6 Å². The molecular weight excluding hydrogens is 651 g/mol. The molecule has 1 aliphatic heterocycles. The van der Waals surface area contributed by atoms with Gasteiger partial charge >= 0.3 is 8.32 Å². The number of amides is 1. The molecule has 1 saturated heterocycles. The lowest BCUT2D eigenvalue weighted by Gasteiger charge is -2.43. The number of nitrogens with zero attached hydrogens (tertiary/aromatic N) is 4. The fourth-order valence-electron chi connectivity index (χ4n) is 7.20. The Morgan fingerprint density at radius 1 is 0.898 bits per heavy atom. The van der Waals surface area contributed by atoms with E-state index in [2.05, 4.69) is 56.5 Å². The summed E-state index contributed by atoms with van der Waals surface area (Å²) in [6.45, 7) is 12.6. The van der Waals surface area contributed by atoms with Crippen LogP contribution >= 0.6 is 11.6 Å². The maximum absolute atomic E-state index is 16.4. The van der Waals surface area contributed by atoms with Crippen LogP contribution in [0.1, 0.15) is 45.2 Å². The predicted octanol–water partition coefficient (Wildman–Crippen LogP) is 7.74. The van der Waals surface area contributed by atoms with Crippen LogP contribution in [0.3, 0.4) is 0 Å². The summed E-state index contributed by atoms with van der Waals surface area (Å²) in [6, 6.07) is 29.6. The van der Waals surface area contributed by atoms with Crippen molar-refractivity contribution >= 4 is 52.8 Å². The summed E-state index contributed by atoms with van der Waals surface area (Å²) in [7, 11) is -3.09. The van der Waals surface area contributed by atoms with Crippen molar-refractivity contribution < 1.29 is 13.6 Å². The standard InChI is InChI=1S/C40H40ClFN4O2Si/c1-5-36(47)45-21-23-46(24-22-45)39-31-26-33(41)32(25-30(31)38(43-44-39)27-19-20-27)37-34(42)17-12-18-35(37)48-49(40(2,3)4,28-13-8-6-9-14-28)29-15-10-7-11-16-29/h5-18,25-27H,1,19-24H2,2-4H3. The minimum atomic E-state index is -3.09. The molecule has 1 saturated carbocycles. The zero-order valence-electron chi connectivity index (χ0n) is 28.1. The normalized spacial score (nSPS) is 15.4. The Balaban J connectivity index is 1.38. The lowest BCUT2D eigenvalue weighted by Crippen LogP contribution is -2.68. The van der Waals surface area contributed by atoms with Crippen molar-refractivity contribution in [3.05, 3.63) is 120 Å². The first kappa shape index (κ1) is 33.0. The third-order valence-electron chi connectivity index (χ3n) is 9.83. The molecule has 1 aliphatic carbocycles. The van der Waals surface area contributed by atoms with Crippen molar-refractivity contribution in [1.82, 2.24) is 15.1 Å². The van der Waals surface area contributed by atoms with E-state index in [1.807, 2.05) is 54.6 Å². The fraction of sp³-hybridized carbons (Fsp3) is 0.275. The summed E-state index contributed by atoms with van der Waals surface area (Å²) in [5, 5.41) is 13.5. The van der Waals surface area contributed by atoms with Crippen LogP contribution in [-0.2, 0) is 4.79 Å². The SMILES string of the molecule is C=CC(=O)N1CCN(c2nnc(C3CC3)c3cc(-c4c(F)cccc4O[Si](c4ccccc4)(c4ccccc4)C(C)(C)C)c(Cl)cc23)CC1. The van der Waals surface area contributed by atoms with Gasteiger partial charge in [-0.25, -0.2) is 4.39 Å². The van der Waals surface area contributed by atoms with Crippen LogP contribution in [0.5, 0.6) is 5.75 Å². The number of piperazine rings is 1. The molecule has 0 atom stereocenters. The molecule has 1 amide bonds. The number of anilines is 1. The average Bonchev–Trinajstić information content (AvgIpc) is 3.96. The summed E-state index contributed by atoms with van der Waals surface area (Å²) in [5.41, 5.74) is 1.80. The van der Waals surface area contributed by atoms with Gasteiger partial charge in [0.25, 0.3) is 0 Å². The van der Waals surface area contributed by atoms with E-state index in [4.69, 9.17) is 26.2 Å². The van der Waals surface area contributed by atoms with E-state index in [1.54, 1.807) is 11.0 Å². The van der Waals surface area contributed by atoms with Gasteiger partial charge in [0.2, 0.25) is 5.91 Å². The third kappa shape index (κ3) is 6.02. The van der Waals surface area contributed by atoms with Crippen LogP contribution in [0.2, 0.25) is 10.1 Å². The molecule has 9 heteroatoms. The van der Waals surface area contributed by atoms with Crippen molar-refractivity contribution in [1.29, 1.82) is 0 Å². The molecule has 0 unspecified atom stereocenters. The molecule has 7 rings (SSSR count). The Hall–Kier alpha value is -4.53. The Kier molecular flexibility index (Phi) is 8.79. The van der Waals surface area contributed by atoms with Crippen LogP contribution < -0.4 is 19.7 Å². The molecule has 1 aromatic heterocycles. The van der Waals surface area contributed by atoms with Gasteiger partial charge in [-0.2, -0.15) is 5.10 Å². The molecular formula is C40H40ClFN4O2Si. The van der Waals surface area contributed by atoms with E-state index in [-0.39, 0.29) is 10.9 Å². The van der Waals surface area contributed by atoms with E-state index >= 15 is 4.39 Å². The van der Waals surface area contributed by atoms with Crippen molar-refractivity contribution in [2.45, 2.75) is 44.6 Å². The quantitative estimate of drug-likeness (QED) is 0.123. The molecule has 0 radical (unpaired) electrons. The number of benzene rings is 4. The zero-order valence-corrected chi connectivity index (χ0v) is 29.9. The highest BCUT2D eigenvalue weighted by Gasteiger charge is 2.52. The van der Waals surface area contributed by atoms with Gasteiger partial charge in [-0.15, -0.1) is 5.10 Å². The number of hydrogen-bond donors (Lipinski definition) is 0. The topological polar surface area (TPSA) is 58.6 Å². The molecule has 2 aliphatic rings. The van der Waals surface area contributed by atoms with Gasteiger partial charge in [0.15, 0.2) is 5.82 Å². The van der Waals surface area contributed by atoms with Crippen molar-refractivity contribution in [3.8, 4) is 16.9 Å². The smallest absolute Gasteiger partial charge is 0.319 e. The van der Waals surface area contributed by atoms with Gasteiger partial charge in [-0.1, -0.05) is 106 Å². The lowest BCUT2D eigenvalue weighted by atomic mass is 9.98. The van der Waals surface area contributed by atoms with E-state index < -0.39 is 14.1 Å². The van der Waals surface area contributed by atoms with Gasteiger partial charge < -0.3 is 14.2 Å². The van der Waals surface area contributed by atoms with Crippen LogP contribution in [0, 0.1) is 5.82 Å². The third-order valence-corrected chi connectivity index (χ3v) is 15.1. The molecule has 6 nitrogen and oxygen atoms in total. The van der Waals surface area contributed by atoms with E-state index in [9.17, 15) is 4.79 Å². The van der Waals surface area contributed by atoms with E-state index in [0.29, 0.717) is 54.0 Å². The number of carbonyl (C=O) groups excluding carboxylic acids is 1. The van der Waals surface area contributed by atoms with Crippen molar-refractivity contribution in [2.75, 3.05) is 31.1 Å². The number of hydrogen-bond acceptors (Lipinski definition) is 5. The molecule has 2 fully saturated rings. The maximum Gasteiger partial charge on any atom is 0.319 e. The van der Waals surface area contributed by atoms with Crippen molar-refractivity contribution in [2.24, 2.45) is 0 Å². The molecule has 49 heavy (non-hydrogen) atoms. The highest BCUT2D eigenvalue weighted by molar-refractivity contribution is 7.00. The molecule has 0 N–H and O–H groups in total. The summed E-state index contributed by atoms with van der Waals surface area (Å²) in [5.74, 6) is 0.987. The second-order valence-corrected chi connectivity index (χ2v) is 18.6. The van der Waals surface area contributed by atoms with Gasteiger partial charge in [0, 0.05) is 53.5 Å². The first-order chi connectivity index (χ1) is 23.6. The molecule has 250 valence electrons. The first-order valence-corrected chi connectivity index (χ1v) is 19.2. The molecule has 2 heterocycles. The predicted molar refractivity (Wildman–Crippen MR) is 199 cm³/mol. The zero-order chi connectivity index (χ0) is 34.3. The Morgan fingerprint density at radius 2 is 1.53 bits per heavy atom. The van der Waals surface area contributed by atoms with Crippen LogP contribution in [0.15, 0.2) is 104 Å². The van der Waals surface area contributed by atoms with Crippen LogP contribution in [0.4, 0.5) is 10.2 Å². The van der Waals surface area contributed by atoms with Crippen LogP contribution in [-0.4, -0.2) is 55.5 Å². The second-order valence-electron chi connectivity index (χ2n) is 14.0. The highest BCUT2D eigenvalue weighted by Crippen LogP contribution is 2.47. The van der Waals surface area contributed by atoms with Gasteiger partial charge in [-0.3, -0.25) is 4.79 Å². The summed E-state index contributed by atoms with van der Waals surface area (Å²) >= 11 is 7.18. The van der Waals surface area contributed by atoms with E-state index in [0.717, 1.165) is 45.5 Å². The Bertz CT molecular complexity index is 1980. The molecule has 4 aromatic carbocycles. The Labute approximate surface area is 293 Å². The summed E-state index contributed by atoms with van der Waals surface area (Å²) < 4.78 is 23.8. The summed E-state index contributed by atoms with van der Waals surface area (Å²) in [6.07, 6.45) is 3.42. The summed E-state index contributed by atoms with van der Waals surface area (Å²) in [4.78, 5) is 16.2. The Morgan fingerprint density at radius 3 is 2.10 bits per heavy atom. The molecule has 0 spiro atoms. The maximum atomic E-state index is 16.4. The number of aromatic nitrogens is 2. The average molecular weight is 691 g/mol. The van der Waals surface area contributed by atoms with Crippen molar-refractivity contribution in [3.63, 3.8) is 0 Å². The second kappa shape index (κ2) is 13.1. The monoisotopic (exact) mass is 690 g/mol. The number of rotatable bonds is 8. The molecule has 0 bridgehead atoms. The number of carbonyl (C=O) groups is 1. The van der Waals surface area contributed by atoms with Gasteiger partial charge in [0.05, 0.1) is 11.3 Å². The largest absolute Gasteiger partial charge is 0.533 e.